The molecule has 140 heavy (non-hydrogen) atoms. The van der Waals surface area contributed by atoms with Crippen LogP contribution in [0.4, 0.5) is 148 Å². The molecule has 0 atom stereocenters. The molecule has 0 amide bonds. The number of nitrogen functional groups attached to an aromatic ring is 10. The van der Waals surface area contributed by atoms with Crippen molar-refractivity contribution < 1.29 is 0 Å². The fraction of sp³-hybridized carbons (Fsp3) is 0.367. The van der Waals surface area contributed by atoms with Gasteiger partial charge in [0.25, 0.3) is 0 Å². The number of nitrogens with one attached hydrogen (secondary N) is 8. The number of aromatic nitrogens is 27. The molecular weight excluding hydrogens is 1780 g/mol. The molecular formula is C90H136N50. The van der Waals surface area contributed by atoms with Gasteiger partial charge in [-0.1, -0.05) is 167 Å². The molecule has 0 aliphatic heterocycles. The minimum absolute atomic E-state index is 0.0981. The third-order valence-electron chi connectivity index (χ3n) is 17.7. The first kappa shape index (κ1) is 111. The van der Waals surface area contributed by atoms with Crippen LogP contribution in [0.5, 0.6) is 0 Å². The number of para-hydroxylation sites is 2. The van der Waals surface area contributed by atoms with Crippen molar-refractivity contribution in [3.05, 3.63) is 192 Å². The van der Waals surface area contributed by atoms with Crippen molar-refractivity contribution in [2.24, 2.45) is 0 Å². The maximum Gasteiger partial charge on any atom is 0.236 e. The van der Waals surface area contributed by atoms with E-state index in [2.05, 4.69) is 222 Å². The largest absolute Gasteiger partial charge is 0.368 e. The Bertz CT molecular complexity index is 5740. The summed E-state index contributed by atoms with van der Waals surface area (Å²) in [5.41, 5.74) is 60.1. The number of unbranched alkanes of at least 4 members (excludes halogenated alkanes) is 3. The van der Waals surface area contributed by atoms with E-state index in [4.69, 9.17) is 57.3 Å². The van der Waals surface area contributed by atoms with E-state index in [1.54, 1.807) is 4.90 Å². The molecule has 5 aromatic carbocycles. The minimum atomic E-state index is 0.0981. The van der Waals surface area contributed by atoms with Gasteiger partial charge < -0.3 is 124 Å². The summed E-state index contributed by atoms with van der Waals surface area (Å²) >= 11 is 0. The SMILES string of the molecule is CCCCCNc1nc(C)nc(N(C)C)n1.CCCCNc1nc(C)nc(N(C)C)n1.CCCNc1nc(C)nc(N(C)C)n1.CCNc1nc(C)nc(N(C)C)n1.CN(c1ccccc1)c1nc(N)nc(N)n1.Nc1nc(N)nc(NCCCc2ccccc2)n1.Nc1nc(N)nc(NCCc2ccccc2)n1.Nc1nc(N)nc(NCc2ccccc2)n1.Nc1nc(N)nc(Nc2ccccc2)n1. The second-order valence-corrected chi connectivity index (χ2v) is 30.7. The van der Waals surface area contributed by atoms with Crippen molar-refractivity contribution in [2.75, 3.05) is 227 Å². The Labute approximate surface area is 817 Å². The summed E-state index contributed by atoms with van der Waals surface area (Å²) in [5.74, 6) is 11.5. The summed E-state index contributed by atoms with van der Waals surface area (Å²) in [6.45, 7) is 21.6. The molecule has 0 radical (unpaired) electrons. The summed E-state index contributed by atoms with van der Waals surface area (Å²) in [4.78, 5) is 118. The first-order valence-electron chi connectivity index (χ1n) is 45.0. The first-order valence-corrected chi connectivity index (χ1v) is 45.0. The lowest BCUT2D eigenvalue weighted by Gasteiger charge is -2.16. The van der Waals surface area contributed by atoms with E-state index in [0.717, 1.165) is 118 Å². The fourth-order valence-corrected chi connectivity index (χ4v) is 11.1. The number of rotatable bonds is 34. The molecule has 50 heteroatoms. The Balaban J connectivity index is 0.000000242. The second kappa shape index (κ2) is 61.5. The van der Waals surface area contributed by atoms with E-state index in [0.29, 0.717) is 90.4 Å². The highest BCUT2D eigenvalue weighted by Crippen LogP contribution is 2.22. The van der Waals surface area contributed by atoms with Gasteiger partial charge in [0, 0.05) is 121 Å². The maximum atomic E-state index is 5.51. The van der Waals surface area contributed by atoms with Gasteiger partial charge >= 0.3 is 0 Å². The number of benzene rings is 5. The Kier molecular flexibility index (Phi) is 48.9. The molecule has 14 rings (SSSR count). The zero-order valence-corrected chi connectivity index (χ0v) is 82.8. The van der Waals surface area contributed by atoms with E-state index in [-0.39, 0.29) is 59.5 Å². The Morgan fingerprint density at radius 2 is 0.514 bits per heavy atom. The molecule has 9 heterocycles. The Hall–Kier alpha value is -17.4. The van der Waals surface area contributed by atoms with Crippen molar-refractivity contribution in [1.82, 2.24) is 135 Å². The van der Waals surface area contributed by atoms with Crippen LogP contribution in [0.15, 0.2) is 152 Å². The van der Waals surface area contributed by atoms with Gasteiger partial charge in [-0.15, -0.1) is 0 Å². The van der Waals surface area contributed by atoms with E-state index < -0.39 is 0 Å². The van der Waals surface area contributed by atoms with Crippen molar-refractivity contribution >= 4 is 148 Å². The normalized spacial score (nSPS) is 10.1. The molecule has 0 aliphatic rings. The van der Waals surface area contributed by atoms with Crippen molar-refractivity contribution in [3.63, 3.8) is 0 Å². The highest BCUT2D eigenvalue weighted by Gasteiger charge is 2.14. The van der Waals surface area contributed by atoms with Gasteiger partial charge in [-0.3, -0.25) is 0 Å². The van der Waals surface area contributed by atoms with Crippen LogP contribution in [0.2, 0.25) is 0 Å². The van der Waals surface area contributed by atoms with Gasteiger partial charge in [0.2, 0.25) is 137 Å². The molecule has 0 unspecified atom stereocenters. The van der Waals surface area contributed by atoms with Gasteiger partial charge in [0.1, 0.15) is 23.3 Å². The van der Waals surface area contributed by atoms with Crippen molar-refractivity contribution in [1.29, 1.82) is 0 Å². The van der Waals surface area contributed by atoms with Crippen LogP contribution in [-0.4, -0.2) is 237 Å². The quantitative estimate of drug-likeness (QED) is 0.0167. The smallest absolute Gasteiger partial charge is 0.236 e. The van der Waals surface area contributed by atoms with Gasteiger partial charge in [0.05, 0.1) is 0 Å². The molecule has 0 fully saturated rings. The summed E-state index contributed by atoms with van der Waals surface area (Å²) in [7, 11) is 17.2. The average Bonchev–Trinajstić information content (AvgIpc) is 0.837. The van der Waals surface area contributed by atoms with E-state index in [1.165, 1.54) is 24.0 Å². The number of nitrogens with two attached hydrogens (primary N) is 10. The highest BCUT2D eigenvalue weighted by molar-refractivity contribution is 5.58. The summed E-state index contributed by atoms with van der Waals surface area (Å²) in [6, 6.07) is 49.5. The van der Waals surface area contributed by atoms with E-state index >= 15 is 0 Å². The number of nitrogens with zero attached hydrogens (tertiary/aromatic N) is 32. The van der Waals surface area contributed by atoms with Crippen LogP contribution in [0, 0.1) is 27.7 Å². The van der Waals surface area contributed by atoms with Gasteiger partial charge in [0.15, 0.2) is 0 Å². The predicted molar refractivity (Wildman–Crippen MR) is 563 cm³/mol. The predicted octanol–water partition coefficient (Wildman–Crippen LogP) is 9.05. The lowest BCUT2D eigenvalue weighted by molar-refractivity contribution is 0.738. The van der Waals surface area contributed by atoms with Gasteiger partial charge in [-0.2, -0.15) is 135 Å². The van der Waals surface area contributed by atoms with E-state index in [1.807, 2.05) is 245 Å². The Morgan fingerprint density at radius 1 is 0.229 bits per heavy atom. The standard InChI is InChI=1S/C12H16N6.C11H14N6.C11H21N5.2C10H12N6.C10H19N5.C9H10N6.C9H17N5.C8H15N5/c13-10-16-11(14)18-12(17-10)15-8-4-7-9-5-2-1-3-6-9;12-9-15-10(13)17-11(16-9)14-7-6-8-4-2-1-3-5-8;1-5-6-7-8-12-10-13-9(2)14-11(15-10)16(3)4;1-16(7-5-3-2-4-6-7)10-14-8(11)13-9(12)15-10;11-8-14-9(12)16-10(15-8)13-6-7-4-2-1-3-5-7;1-5-6-7-11-9-12-8(2)13-10(14-9)15(3)4;10-7-13-8(11)15-9(14-7)12-6-4-2-1-3-5-6;1-5-6-10-8-11-7(2)12-9(13-8)14(3)4;1-5-9-7-10-6(2)11-8(12-7)13(3)4/h1-3,5-6H,4,7-8H2,(H5,13,14,15,16,17,18);1-5H,6-7H2,(H5,12,13,14,15,16,17);5-8H2,1-4H3,(H,12,13,14,15);2-6H,1H3,(H4,11,12,13,14,15);1-5H,6H2,(H5,11,12,13,14,15,16);5-7H2,1-4H3,(H,11,12,13,14);1-5H,(H5,10,11,12,13,14,15);5-6H2,1-4H3,(H,10,11,12,13);5H2,1-4H3,(H,9,10,11,12). The molecule has 0 aliphatic carbocycles. The first-order chi connectivity index (χ1) is 67.1. The lowest BCUT2D eigenvalue weighted by atomic mass is 10.1. The van der Waals surface area contributed by atoms with Crippen molar-refractivity contribution in [2.45, 2.75) is 120 Å². The van der Waals surface area contributed by atoms with Crippen LogP contribution >= 0.6 is 0 Å². The van der Waals surface area contributed by atoms with Gasteiger partial charge in [-0.25, -0.2) is 0 Å². The third kappa shape index (κ3) is 45.5. The maximum absolute atomic E-state index is 5.51. The number of hydrogen-bond acceptors (Lipinski definition) is 50. The lowest BCUT2D eigenvalue weighted by Crippen LogP contribution is -2.16. The molecule has 0 saturated carbocycles. The number of aryl methyl sites for hydroxylation is 5. The van der Waals surface area contributed by atoms with E-state index in [9.17, 15) is 0 Å². The molecule has 50 nitrogen and oxygen atoms in total. The summed E-state index contributed by atoms with van der Waals surface area (Å²) in [5, 5.41) is 24.7. The van der Waals surface area contributed by atoms with Crippen molar-refractivity contribution in [3.8, 4) is 0 Å². The molecule has 746 valence electrons. The zero-order valence-electron chi connectivity index (χ0n) is 82.8. The topological polar surface area (TPSA) is 721 Å². The number of anilines is 25. The highest BCUT2D eigenvalue weighted by atomic mass is 15.3. The average molecular weight is 1920 g/mol. The molecule has 0 bridgehead atoms. The fourth-order valence-electron chi connectivity index (χ4n) is 11.1. The zero-order chi connectivity index (χ0) is 102. The summed E-state index contributed by atoms with van der Waals surface area (Å²) < 4.78 is 0. The van der Waals surface area contributed by atoms with Crippen LogP contribution in [0.1, 0.15) is 113 Å². The van der Waals surface area contributed by atoms with Crippen LogP contribution in [0.3, 0.4) is 0 Å². The van der Waals surface area contributed by atoms with Crippen LogP contribution in [0.25, 0.3) is 0 Å². The van der Waals surface area contributed by atoms with Gasteiger partial charge in [-0.05, 0) is 114 Å². The monoisotopic (exact) mass is 1920 g/mol. The molecule has 14 aromatic rings. The second-order valence-electron chi connectivity index (χ2n) is 30.7. The van der Waals surface area contributed by atoms with Crippen LogP contribution in [-0.2, 0) is 19.4 Å². The molecule has 0 saturated heterocycles. The molecule has 0 spiro atoms. The van der Waals surface area contributed by atoms with Crippen LogP contribution < -0.4 is 124 Å². The Morgan fingerprint density at radius 3 is 0.864 bits per heavy atom. The minimum Gasteiger partial charge on any atom is -0.368 e. The third-order valence-corrected chi connectivity index (χ3v) is 17.7. The molecule has 28 N–H and O–H groups in total. The summed E-state index contributed by atoms with van der Waals surface area (Å²) in [6.07, 6.45) is 9.82. The molecule has 9 aromatic heterocycles. The number of hydrogen-bond donors (Lipinski definition) is 18.